The molecule has 19 heavy (non-hydrogen) atoms. The first-order valence-electron chi connectivity index (χ1n) is 5.45. The number of methoxy groups -OCH3 is 1. The molecule has 0 N–H and O–H groups in total. The maximum atomic E-state index is 13.7. The van der Waals surface area contributed by atoms with Gasteiger partial charge in [0.1, 0.15) is 0 Å². The van der Waals surface area contributed by atoms with Crippen molar-refractivity contribution >= 4 is 43.5 Å². The third kappa shape index (κ3) is 3.30. The first-order valence-corrected chi connectivity index (χ1v) is 7.54. The summed E-state index contributed by atoms with van der Waals surface area (Å²) in [5.41, 5.74) is 1.76. The average Bonchev–Trinajstić information content (AvgIpc) is 2.41. The molecule has 0 aliphatic heterocycles. The van der Waals surface area contributed by atoms with E-state index in [1.807, 2.05) is 24.3 Å². The van der Waals surface area contributed by atoms with Crippen LogP contribution in [0.4, 0.5) is 4.39 Å². The van der Waals surface area contributed by atoms with Crippen molar-refractivity contribution in [2.75, 3.05) is 7.11 Å². The normalized spacial score (nSPS) is 12.3. The van der Waals surface area contributed by atoms with Gasteiger partial charge in [-0.25, -0.2) is 4.39 Å². The molecular formula is C14H10Br2ClFO. The highest BCUT2D eigenvalue weighted by atomic mass is 79.9. The van der Waals surface area contributed by atoms with Crippen molar-refractivity contribution in [1.29, 1.82) is 0 Å². The molecule has 100 valence electrons. The number of hydrogen-bond acceptors (Lipinski definition) is 1. The summed E-state index contributed by atoms with van der Waals surface area (Å²) < 4.78 is 19.4. The van der Waals surface area contributed by atoms with Crippen LogP contribution in [0.15, 0.2) is 40.9 Å². The number of benzene rings is 2. The second-order valence-electron chi connectivity index (χ2n) is 3.93. The molecule has 5 heteroatoms. The Kier molecular flexibility index (Phi) is 4.87. The second-order valence-corrected chi connectivity index (χ2v) is 6.11. The lowest BCUT2D eigenvalue weighted by molar-refractivity contribution is 0.386. The van der Waals surface area contributed by atoms with E-state index in [9.17, 15) is 4.39 Å². The predicted molar refractivity (Wildman–Crippen MR) is 82.9 cm³/mol. The monoisotopic (exact) mass is 406 g/mol. The SMILES string of the molecule is COc1ccc(C(Br)c2ccc(Br)c(Cl)c2)cc1F. The molecule has 0 bridgehead atoms. The van der Waals surface area contributed by atoms with E-state index in [4.69, 9.17) is 16.3 Å². The van der Waals surface area contributed by atoms with Crippen LogP contribution in [0.2, 0.25) is 5.02 Å². The molecule has 0 amide bonds. The minimum Gasteiger partial charge on any atom is -0.494 e. The smallest absolute Gasteiger partial charge is 0.165 e. The van der Waals surface area contributed by atoms with Gasteiger partial charge < -0.3 is 4.74 Å². The molecule has 0 spiro atoms. The number of rotatable bonds is 3. The fourth-order valence-corrected chi connectivity index (χ4v) is 2.71. The number of hydrogen-bond donors (Lipinski definition) is 0. The molecule has 0 heterocycles. The maximum absolute atomic E-state index is 13.7. The first kappa shape index (κ1) is 14.8. The van der Waals surface area contributed by atoms with E-state index < -0.39 is 0 Å². The van der Waals surface area contributed by atoms with Gasteiger partial charge in [0.05, 0.1) is 17.0 Å². The standard InChI is InChI=1S/C14H10Br2ClFO/c1-19-13-5-3-9(7-12(13)18)14(16)8-2-4-10(15)11(17)6-8/h2-7,14H,1H3. The van der Waals surface area contributed by atoms with Gasteiger partial charge >= 0.3 is 0 Å². The van der Waals surface area contributed by atoms with Crippen LogP contribution in [-0.2, 0) is 0 Å². The number of halogens is 4. The molecule has 1 atom stereocenters. The molecule has 0 fully saturated rings. The van der Waals surface area contributed by atoms with Crippen molar-refractivity contribution in [3.05, 3.63) is 62.8 Å². The minimum atomic E-state index is -0.382. The first-order chi connectivity index (χ1) is 9.02. The molecule has 0 aliphatic rings. The summed E-state index contributed by atoms with van der Waals surface area (Å²) in [5, 5.41) is 0.621. The van der Waals surface area contributed by atoms with Gasteiger partial charge in [-0.15, -0.1) is 0 Å². The van der Waals surface area contributed by atoms with Crippen LogP contribution < -0.4 is 4.74 Å². The quantitative estimate of drug-likeness (QED) is 0.589. The molecule has 0 saturated carbocycles. The van der Waals surface area contributed by atoms with Crippen LogP contribution >= 0.6 is 43.5 Å². The minimum absolute atomic E-state index is 0.126. The fourth-order valence-electron chi connectivity index (χ4n) is 1.70. The van der Waals surface area contributed by atoms with Gasteiger partial charge in [-0.3, -0.25) is 0 Å². The van der Waals surface area contributed by atoms with Gasteiger partial charge in [0.25, 0.3) is 0 Å². The summed E-state index contributed by atoms with van der Waals surface area (Å²) in [4.78, 5) is -0.126. The molecule has 2 aromatic rings. The Morgan fingerprint density at radius 2 is 1.79 bits per heavy atom. The van der Waals surface area contributed by atoms with Gasteiger partial charge in [0.2, 0.25) is 0 Å². The zero-order chi connectivity index (χ0) is 14.0. The second kappa shape index (κ2) is 6.25. The Morgan fingerprint density at radius 1 is 1.16 bits per heavy atom. The molecular weight excluding hydrogens is 398 g/mol. The van der Waals surface area contributed by atoms with Crippen LogP contribution in [0, 0.1) is 5.82 Å². The van der Waals surface area contributed by atoms with Crippen LogP contribution in [0.3, 0.4) is 0 Å². The van der Waals surface area contributed by atoms with E-state index in [0.717, 1.165) is 15.6 Å². The van der Waals surface area contributed by atoms with E-state index in [1.165, 1.54) is 13.2 Å². The van der Waals surface area contributed by atoms with E-state index >= 15 is 0 Å². The summed E-state index contributed by atoms with van der Waals surface area (Å²) in [5.74, 6) is -0.148. The van der Waals surface area contributed by atoms with Gasteiger partial charge in [-0.05, 0) is 51.3 Å². The van der Waals surface area contributed by atoms with Crippen molar-refractivity contribution in [2.24, 2.45) is 0 Å². The topological polar surface area (TPSA) is 9.23 Å². The van der Waals surface area contributed by atoms with Crippen LogP contribution in [0.1, 0.15) is 16.0 Å². The lowest BCUT2D eigenvalue weighted by Crippen LogP contribution is -1.95. The molecule has 0 saturated heterocycles. The van der Waals surface area contributed by atoms with Gasteiger partial charge in [-0.1, -0.05) is 39.7 Å². The third-order valence-corrected chi connectivity index (χ3v) is 4.99. The van der Waals surface area contributed by atoms with Crippen molar-refractivity contribution < 1.29 is 9.13 Å². The molecule has 0 aromatic heterocycles. The zero-order valence-corrected chi connectivity index (χ0v) is 13.9. The van der Waals surface area contributed by atoms with Crippen LogP contribution in [0.25, 0.3) is 0 Å². The lowest BCUT2D eigenvalue weighted by Gasteiger charge is -2.13. The molecule has 1 unspecified atom stereocenters. The van der Waals surface area contributed by atoms with Crippen LogP contribution in [0.5, 0.6) is 5.75 Å². The van der Waals surface area contributed by atoms with Crippen molar-refractivity contribution in [3.8, 4) is 5.75 Å². The van der Waals surface area contributed by atoms with Gasteiger partial charge in [0, 0.05) is 4.47 Å². The molecule has 1 nitrogen and oxygen atoms in total. The summed E-state index contributed by atoms with van der Waals surface area (Å²) in [6, 6.07) is 10.5. The predicted octanol–water partition coefficient (Wildman–Crippen LogP) is 5.73. The largest absolute Gasteiger partial charge is 0.494 e. The lowest BCUT2D eigenvalue weighted by atomic mass is 10.0. The Balaban J connectivity index is 2.35. The summed E-state index contributed by atoms with van der Waals surface area (Å²) in [7, 11) is 1.44. The molecule has 0 radical (unpaired) electrons. The van der Waals surface area contributed by atoms with Crippen molar-refractivity contribution in [1.82, 2.24) is 0 Å². The maximum Gasteiger partial charge on any atom is 0.165 e. The Morgan fingerprint density at radius 3 is 2.37 bits per heavy atom. The molecule has 0 aliphatic carbocycles. The van der Waals surface area contributed by atoms with Crippen molar-refractivity contribution in [3.63, 3.8) is 0 Å². The average molecular weight is 408 g/mol. The van der Waals surface area contributed by atoms with E-state index in [0.29, 0.717) is 5.02 Å². The fraction of sp³-hybridized carbons (Fsp3) is 0.143. The summed E-state index contributed by atoms with van der Waals surface area (Å²) in [6.07, 6.45) is 0. The Labute approximate surface area is 133 Å². The Bertz CT molecular complexity index is 604. The third-order valence-electron chi connectivity index (χ3n) is 2.70. The summed E-state index contributed by atoms with van der Waals surface area (Å²) in [6.45, 7) is 0. The summed E-state index contributed by atoms with van der Waals surface area (Å²) >= 11 is 13.0. The molecule has 2 rings (SSSR count). The van der Waals surface area contributed by atoms with Crippen LogP contribution in [-0.4, -0.2) is 7.11 Å². The van der Waals surface area contributed by atoms with Gasteiger partial charge in [0.15, 0.2) is 11.6 Å². The number of alkyl halides is 1. The zero-order valence-electron chi connectivity index (χ0n) is 9.96. The highest BCUT2D eigenvalue weighted by Crippen LogP contribution is 2.35. The number of ether oxygens (including phenoxy) is 1. The Hall–Kier alpha value is -0.580. The van der Waals surface area contributed by atoms with E-state index in [-0.39, 0.29) is 16.4 Å². The highest BCUT2D eigenvalue weighted by Gasteiger charge is 2.14. The van der Waals surface area contributed by atoms with E-state index in [1.54, 1.807) is 6.07 Å². The molecule has 2 aromatic carbocycles. The highest BCUT2D eigenvalue weighted by molar-refractivity contribution is 9.10. The van der Waals surface area contributed by atoms with E-state index in [2.05, 4.69) is 31.9 Å². The van der Waals surface area contributed by atoms with Crippen molar-refractivity contribution in [2.45, 2.75) is 4.83 Å². The van der Waals surface area contributed by atoms with Gasteiger partial charge in [-0.2, -0.15) is 0 Å².